The standard InChI is InChI=1S/C17H17BrO2/c1-2-11-19-13-15-16(18)9-6-10-17(15)20-12-14-7-4-3-5-8-14/h2-10H,1,11-13H2. The predicted molar refractivity (Wildman–Crippen MR) is 84.8 cm³/mol. The Bertz CT molecular complexity index is 552. The van der Waals surface area contributed by atoms with E-state index in [2.05, 4.69) is 22.5 Å². The highest BCUT2D eigenvalue weighted by Gasteiger charge is 2.08. The van der Waals surface area contributed by atoms with Gasteiger partial charge in [-0.25, -0.2) is 0 Å². The Morgan fingerprint density at radius 2 is 1.80 bits per heavy atom. The molecule has 0 unspecified atom stereocenters. The molecule has 0 saturated carbocycles. The van der Waals surface area contributed by atoms with Gasteiger partial charge in [0, 0.05) is 10.0 Å². The average Bonchev–Trinajstić information content (AvgIpc) is 2.48. The molecule has 0 amide bonds. The Morgan fingerprint density at radius 3 is 2.55 bits per heavy atom. The fourth-order valence-electron chi connectivity index (χ4n) is 1.79. The van der Waals surface area contributed by atoms with Crippen LogP contribution in [-0.2, 0) is 18.0 Å². The summed E-state index contributed by atoms with van der Waals surface area (Å²) in [6, 6.07) is 16.0. The summed E-state index contributed by atoms with van der Waals surface area (Å²) in [4.78, 5) is 0. The van der Waals surface area contributed by atoms with E-state index < -0.39 is 0 Å². The highest BCUT2D eigenvalue weighted by atomic mass is 79.9. The van der Waals surface area contributed by atoms with Gasteiger partial charge in [-0.3, -0.25) is 0 Å². The largest absolute Gasteiger partial charge is 0.488 e. The van der Waals surface area contributed by atoms with Crippen molar-refractivity contribution in [2.24, 2.45) is 0 Å². The summed E-state index contributed by atoms with van der Waals surface area (Å²) in [5.74, 6) is 0.840. The van der Waals surface area contributed by atoms with E-state index in [9.17, 15) is 0 Å². The number of rotatable bonds is 7. The van der Waals surface area contributed by atoms with Crippen molar-refractivity contribution in [1.82, 2.24) is 0 Å². The van der Waals surface area contributed by atoms with Crippen molar-refractivity contribution in [3.8, 4) is 5.75 Å². The molecule has 0 radical (unpaired) electrons. The molecule has 3 heteroatoms. The van der Waals surface area contributed by atoms with E-state index >= 15 is 0 Å². The monoisotopic (exact) mass is 332 g/mol. The van der Waals surface area contributed by atoms with Gasteiger partial charge in [-0.2, -0.15) is 0 Å². The lowest BCUT2D eigenvalue weighted by Gasteiger charge is -2.13. The van der Waals surface area contributed by atoms with Crippen molar-refractivity contribution in [1.29, 1.82) is 0 Å². The molecule has 2 aromatic rings. The SMILES string of the molecule is C=CCOCc1c(Br)cccc1OCc1ccccc1. The maximum absolute atomic E-state index is 5.90. The van der Waals surface area contributed by atoms with Gasteiger partial charge in [0.05, 0.1) is 13.2 Å². The zero-order valence-corrected chi connectivity index (χ0v) is 12.8. The van der Waals surface area contributed by atoms with Crippen molar-refractivity contribution >= 4 is 15.9 Å². The average molecular weight is 333 g/mol. The van der Waals surface area contributed by atoms with E-state index in [0.717, 1.165) is 21.3 Å². The van der Waals surface area contributed by atoms with Crippen molar-refractivity contribution in [2.45, 2.75) is 13.2 Å². The van der Waals surface area contributed by atoms with Crippen LogP contribution in [0.3, 0.4) is 0 Å². The third-order valence-corrected chi connectivity index (χ3v) is 3.54. The fourth-order valence-corrected chi connectivity index (χ4v) is 2.26. The molecule has 2 nitrogen and oxygen atoms in total. The summed E-state index contributed by atoms with van der Waals surface area (Å²) >= 11 is 3.54. The van der Waals surface area contributed by atoms with E-state index in [1.54, 1.807) is 6.08 Å². The zero-order valence-electron chi connectivity index (χ0n) is 11.2. The maximum atomic E-state index is 5.90. The second-order valence-electron chi connectivity index (χ2n) is 4.29. The van der Waals surface area contributed by atoms with E-state index in [1.807, 2.05) is 48.5 Å². The minimum absolute atomic E-state index is 0.498. The van der Waals surface area contributed by atoms with Crippen molar-refractivity contribution in [3.05, 3.63) is 76.8 Å². The quantitative estimate of drug-likeness (QED) is 0.539. The second kappa shape index (κ2) is 7.88. The van der Waals surface area contributed by atoms with Crippen molar-refractivity contribution in [2.75, 3.05) is 6.61 Å². The topological polar surface area (TPSA) is 18.5 Å². The van der Waals surface area contributed by atoms with E-state index in [4.69, 9.17) is 9.47 Å². The van der Waals surface area contributed by atoms with Gasteiger partial charge in [-0.15, -0.1) is 6.58 Å². The molecule has 2 aromatic carbocycles. The molecular weight excluding hydrogens is 316 g/mol. The summed E-state index contributed by atoms with van der Waals surface area (Å²) in [7, 11) is 0. The highest BCUT2D eigenvalue weighted by molar-refractivity contribution is 9.10. The van der Waals surface area contributed by atoms with E-state index in [0.29, 0.717) is 19.8 Å². The summed E-state index contributed by atoms with van der Waals surface area (Å²) in [5.41, 5.74) is 2.16. The molecule has 20 heavy (non-hydrogen) atoms. The first-order valence-electron chi connectivity index (χ1n) is 6.44. The van der Waals surface area contributed by atoms with Gasteiger partial charge in [0.15, 0.2) is 0 Å². The van der Waals surface area contributed by atoms with Crippen LogP contribution < -0.4 is 4.74 Å². The third kappa shape index (κ3) is 4.22. The summed E-state index contributed by atoms with van der Waals surface area (Å²) in [6.07, 6.45) is 1.74. The summed E-state index contributed by atoms with van der Waals surface area (Å²) < 4.78 is 12.4. The maximum Gasteiger partial charge on any atom is 0.126 e. The van der Waals surface area contributed by atoms with Crippen molar-refractivity contribution < 1.29 is 9.47 Å². The molecule has 0 heterocycles. The van der Waals surface area contributed by atoms with Crippen LogP contribution in [0, 0.1) is 0 Å². The number of halogens is 1. The fraction of sp³-hybridized carbons (Fsp3) is 0.176. The lowest BCUT2D eigenvalue weighted by molar-refractivity contribution is 0.144. The smallest absolute Gasteiger partial charge is 0.126 e. The molecule has 0 atom stereocenters. The number of ether oxygens (including phenoxy) is 2. The van der Waals surface area contributed by atoms with Gasteiger partial charge in [0.1, 0.15) is 12.4 Å². The van der Waals surface area contributed by atoms with Crippen molar-refractivity contribution in [3.63, 3.8) is 0 Å². The first-order chi connectivity index (χ1) is 9.81. The van der Waals surface area contributed by atoms with Crippen LogP contribution in [0.2, 0.25) is 0 Å². The molecule has 0 aromatic heterocycles. The van der Waals surface area contributed by atoms with Crippen LogP contribution in [-0.4, -0.2) is 6.61 Å². The molecule has 0 spiro atoms. The molecule has 0 bridgehead atoms. The predicted octanol–water partition coefficient (Wildman–Crippen LogP) is 4.73. The van der Waals surface area contributed by atoms with Crippen LogP contribution in [0.4, 0.5) is 0 Å². The minimum Gasteiger partial charge on any atom is -0.488 e. The van der Waals surface area contributed by atoms with Crippen LogP contribution in [0.1, 0.15) is 11.1 Å². The van der Waals surface area contributed by atoms with E-state index in [1.165, 1.54) is 0 Å². The molecule has 2 rings (SSSR count). The molecule has 0 aliphatic rings. The first kappa shape index (κ1) is 14.8. The van der Waals surface area contributed by atoms with Gasteiger partial charge < -0.3 is 9.47 Å². The van der Waals surface area contributed by atoms with Crippen LogP contribution >= 0.6 is 15.9 Å². The number of hydrogen-bond acceptors (Lipinski definition) is 2. The van der Waals surface area contributed by atoms with Gasteiger partial charge in [-0.1, -0.05) is 58.4 Å². The van der Waals surface area contributed by atoms with Crippen LogP contribution in [0.25, 0.3) is 0 Å². The number of hydrogen-bond donors (Lipinski definition) is 0. The van der Waals surface area contributed by atoms with Gasteiger partial charge in [-0.05, 0) is 17.7 Å². The Kier molecular flexibility index (Phi) is 5.84. The second-order valence-corrected chi connectivity index (χ2v) is 5.15. The molecular formula is C17H17BrO2. The molecule has 0 saturated heterocycles. The minimum atomic E-state index is 0.498. The molecule has 0 aliphatic heterocycles. The van der Waals surface area contributed by atoms with Gasteiger partial charge >= 0.3 is 0 Å². The zero-order chi connectivity index (χ0) is 14.2. The number of benzene rings is 2. The molecule has 0 aliphatic carbocycles. The van der Waals surface area contributed by atoms with Crippen LogP contribution in [0.15, 0.2) is 65.7 Å². The molecule has 0 fully saturated rings. The van der Waals surface area contributed by atoms with E-state index in [-0.39, 0.29) is 0 Å². The summed E-state index contributed by atoms with van der Waals surface area (Å²) in [5, 5.41) is 0. The Hall–Kier alpha value is -1.58. The van der Waals surface area contributed by atoms with Crippen LogP contribution in [0.5, 0.6) is 5.75 Å². The molecule has 104 valence electrons. The normalized spacial score (nSPS) is 10.2. The Labute approximate surface area is 128 Å². The first-order valence-corrected chi connectivity index (χ1v) is 7.23. The third-order valence-electron chi connectivity index (χ3n) is 2.80. The lowest BCUT2D eigenvalue weighted by Crippen LogP contribution is -2.01. The van der Waals surface area contributed by atoms with Gasteiger partial charge in [0.2, 0.25) is 0 Å². The van der Waals surface area contributed by atoms with Gasteiger partial charge in [0.25, 0.3) is 0 Å². The lowest BCUT2D eigenvalue weighted by atomic mass is 10.2. The Balaban J connectivity index is 2.06. The summed E-state index contributed by atoms with van der Waals surface area (Å²) in [6.45, 7) is 5.22. The Morgan fingerprint density at radius 1 is 1.00 bits per heavy atom. The molecule has 0 N–H and O–H groups in total. The highest BCUT2D eigenvalue weighted by Crippen LogP contribution is 2.28.